The standard InChI is InChI=1S/C22H24N6O3/c1-22(30)6-3-5-15(11-22)28-13-14-9-16(19(31-2)10-17(14)26-28)21(29)25-18-12-24-27-8-4-7-23-20(18)27/h4,7-10,12-13,15,30H,3,5-6,11H2,1-2H3,(H,25,29)/t15-,22+/m1/s1. The van der Waals surface area contributed by atoms with Gasteiger partial charge in [0.25, 0.3) is 5.91 Å². The summed E-state index contributed by atoms with van der Waals surface area (Å²) in [6.07, 6.45) is 10.3. The fraction of sp³-hybridized carbons (Fsp3) is 0.364. The predicted molar refractivity (Wildman–Crippen MR) is 115 cm³/mol. The Kier molecular flexibility index (Phi) is 4.62. The zero-order valence-electron chi connectivity index (χ0n) is 17.4. The van der Waals surface area contributed by atoms with E-state index in [1.165, 1.54) is 7.11 Å². The second-order valence-corrected chi connectivity index (χ2v) is 8.37. The minimum absolute atomic E-state index is 0.129. The van der Waals surface area contributed by atoms with Crippen LogP contribution in [0.4, 0.5) is 5.69 Å². The Morgan fingerprint density at radius 3 is 3.06 bits per heavy atom. The van der Waals surface area contributed by atoms with Crippen molar-refractivity contribution in [1.29, 1.82) is 0 Å². The molecule has 1 aromatic carbocycles. The van der Waals surface area contributed by atoms with Crippen molar-refractivity contribution in [3.8, 4) is 5.75 Å². The molecule has 0 unspecified atom stereocenters. The molecule has 0 spiro atoms. The molecule has 0 bridgehead atoms. The summed E-state index contributed by atoms with van der Waals surface area (Å²) in [4.78, 5) is 17.3. The van der Waals surface area contributed by atoms with E-state index in [1.807, 2.05) is 17.8 Å². The summed E-state index contributed by atoms with van der Waals surface area (Å²) in [6.45, 7) is 1.88. The summed E-state index contributed by atoms with van der Waals surface area (Å²) in [5.41, 5.74) is 1.56. The number of anilines is 1. The van der Waals surface area contributed by atoms with Crippen molar-refractivity contribution in [2.75, 3.05) is 12.4 Å². The number of fused-ring (bicyclic) bond motifs is 2. The monoisotopic (exact) mass is 420 g/mol. The highest BCUT2D eigenvalue weighted by atomic mass is 16.5. The molecule has 5 rings (SSSR count). The van der Waals surface area contributed by atoms with E-state index in [0.717, 1.165) is 30.2 Å². The van der Waals surface area contributed by atoms with Gasteiger partial charge < -0.3 is 15.2 Å². The lowest BCUT2D eigenvalue weighted by atomic mass is 9.83. The van der Waals surface area contributed by atoms with Crippen LogP contribution in [0, 0.1) is 0 Å². The van der Waals surface area contributed by atoms with Gasteiger partial charge in [-0.2, -0.15) is 10.2 Å². The third-order valence-corrected chi connectivity index (χ3v) is 5.92. The maximum absolute atomic E-state index is 13.1. The first-order chi connectivity index (χ1) is 14.9. The first kappa shape index (κ1) is 19.5. The van der Waals surface area contributed by atoms with Crippen molar-refractivity contribution >= 4 is 28.1 Å². The van der Waals surface area contributed by atoms with Gasteiger partial charge in [0.1, 0.15) is 11.4 Å². The molecule has 3 heterocycles. The fourth-order valence-electron chi connectivity index (χ4n) is 4.37. The molecule has 0 saturated heterocycles. The van der Waals surface area contributed by atoms with Gasteiger partial charge in [-0.15, -0.1) is 0 Å². The molecule has 0 aliphatic heterocycles. The van der Waals surface area contributed by atoms with E-state index in [-0.39, 0.29) is 11.9 Å². The van der Waals surface area contributed by atoms with E-state index < -0.39 is 5.60 Å². The maximum Gasteiger partial charge on any atom is 0.259 e. The number of hydrogen-bond donors (Lipinski definition) is 2. The number of hydrogen-bond acceptors (Lipinski definition) is 6. The van der Waals surface area contributed by atoms with Crippen LogP contribution >= 0.6 is 0 Å². The lowest BCUT2D eigenvalue weighted by Crippen LogP contribution is -2.33. The Balaban J connectivity index is 1.47. The van der Waals surface area contributed by atoms with Crippen molar-refractivity contribution < 1.29 is 14.6 Å². The van der Waals surface area contributed by atoms with Crippen LogP contribution in [0.2, 0.25) is 0 Å². The molecular weight excluding hydrogens is 396 g/mol. The molecule has 9 heteroatoms. The zero-order chi connectivity index (χ0) is 21.6. The molecule has 9 nitrogen and oxygen atoms in total. The Morgan fingerprint density at radius 2 is 2.26 bits per heavy atom. The van der Waals surface area contributed by atoms with E-state index in [0.29, 0.717) is 29.1 Å². The van der Waals surface area contributed by atoms with Gasteiger partial charge in [-0.3, -0.25) is 9.48 Å². The van der Waals surface area contributed by atoms with Crippen LogP contribution in [0.15, 0.2) is 43.0 Å². The summed E-state index contributed by atoms with van der Waals surface area (Å²) in [7, 11) is 1.53. The average Bonchev–Trinajstić information content (AvgIpc) is 3.36. The van der Waals surface area contributed by atoms with Crippen LogP contribution in [-0.4, -0.2) is 48.1 Å². The molecule has 1 amide bonds. The molecule has 31 heavy (non-hydrogen) atoms. The van der Waals surface area contributed by atoms with Crippen molar-refractivity contribution in [1.82, 2.24) is 24.4 Å². The highest BCUT2D eigenvalue weighted by Gasteiger charge is 2.31. The zero-order valence-corrected chi connectivity index (χ0v) is 17.4. The third kappa shape index (κ3) is 3.61. The largest absolute Gasteiger partial charge is 0.496 e. The van der Waals surface area contributed by atoms with E-state index in [9.17, 15) is 9.90 Å². The van der Waals surface area contributed by atoms with Crippen LogP contribution < -0.4 is 10.1 Å². The number of benzene rings is 1. The van der Waals surface area contributed by atoms with Crippen LogP contribution in [0.25, 0.3) is 16.6 Å². The minimum Gasteiger partial charge on any atom is -0.496 e. The summed E-state index contributed by atoms with van der Waals surface area (Å²) in [5.74, 6) is 0.128. The van der Waals surface area contributed by atoms with Gasteiger partial charge in [0.05, 0.1) is 36.0 Å². The number of ether oxygens (including phenoxy) is 1. The van der Waals surface area contributed by atoms with Crippen molar-refractivity contribution in [2.24, 2.45) is 0 Å². The smallest absolute Gasteiger partial charge is 0.259 e. The van der Waals surface area contributed by atoms with E-state index in [1.54, 1.807) is 41.3 Å². The van der Waals surface area contributed by atoms with E-state index in [4.69, 9.17) is 9.84 Å². The lowest BCUT2D eigenvalue weighted by Gasteiger charge is -2.33. The molecule has 2 atom stereocenters. The topological polar surface area (TPSA) is 107 Å². The van der Waals surface area contributed by atoms with Crippen LogP contribution in [0.1, 0.15) is 49.0 Å². The summed E-state index contributed by atoms with van der Waals surface area (Å²) < 4.78 is 8.99. The second kappa shape index (κ2) is 7.35. The molecule has 160 valence electrons. The van der Waals surface area contributed by atoms with Crippen molar-refractivity contribution in [3.63, 3.8) is 0 Å². The van der Waals surface area contributed by atoms with Gasteiger partial charge in [-0.25, -0.2) is 9.50 Å². The quantitative estimate of drug-likeness (QED) is 0.525. The molecule has 0 radical (unpaired) electrons. The fourth-order valence-corrected chi connectivity index (χ4v) is 4.37. The first-order valence-electron chi connectivity index (χ1n) is 10.3. The van der Waals surface area contributed by atoms with Crippen LogP contribution in [-0.2, 0) is 0 Å². The number of carbonyl (C=O) groups is 1. The number of nitrogens with one attached hydrogen (secondary N) is 1. The Morgan fingerprint density at radius 1 is 1.39 bits per heavy atom. The van der Waals surface area contributed by atoms with Crippen molar-refractivity contribution in [2.45, 2.75) is 44.2 Å². The summed E-state index contributed by atoms with van der Waals surface area (Å²) >= 11 is 0. The van der Waals surface area contributed by atoms with Gasteiger partial charge in [0.15, 0.2) is 5.65 Å². The normalized spacial score (nSPS) is 21.5. The molecule has 2 N–H and O–H groups in total. The molecule has 1 saturated carbocycles. The summed E-state index contributed by atoms with van der Waals surface area (Å²) in [6, 6.07) is 5.46. The number of amides is 1. The highest BCUT2D eigenvalue weighted by Crippen LogP contribution is 2.36. The molecule has 1 fully saturated rings. The van der Waals surface area contributed by atoms with Gasteiger partial charge in [-0.05, 0) is 44.7 Å². The second-order valence-electron chi connectivity index (χ2n) is 8.37. The van der Waals surface area contributed by atoms with Crippen LogP contribution in [0.3, 0.4) is 0 Å². The van der Waals surface area contributed by atoms with Gasteiger partial charge >= 0.3 is 0 Å². The molecule has 1 aliphatic carbocycles. The third-order valence-electron chi connectivity index (χ3n) is 5.92. The van der Waals surface area contributed by atoms with Gasteiger partial charge in [0, 0.05) is 30.0 Å². The molecule has 4 aromatic rings. The number of carbonyl (C=O) groups excluding carboxylic acids is 1. The number of methoxy groups -OCH3 is 1. The molecular formula is C22H24N6O3. The minimum atomic E-state index is -0.674. The van der Waals surface area contributed by atoms with Crippen molar-refractivity contribution in [3.05, 3.63) is 48.5 Å². The molecule has 1 aliphatic rings. The number of aliphatic hydroxyl groups is 1. The van der Waals surface area contributed by atoms with E-state index in [2.05, 4.69) is 15.4 Å². The van der Waals surface area contributed by atoms with Gasteiger partial charge in [-0.1, -0.05) is 0 Å². The first-order valence-corrected chi connectivity index (χ1v) is 10.3. The van der Waals surface area contributed by atoms with E-state index >= 15 is 0 Å². The predicted octanol–water partition coefficient (Wildman–Crippen LogP) is 3.21. The molecule has 3 aromatic heterocycles. The Bertz CT molecular complexity index is 1270. The summed E-state index contributed by atoms with van der Waals surface area (Å²) in [5, 5.41) is 23.1. The Hall–Kier alpha value is -3.46. The highest BCUT2D eigenvalue weighted by molar-refractivity contribution is 6.09. The maximum atomic E-state index is 13.1. The number of rotatable bonds is 4. The van der Waals surface area contributed by atoms with Crippen LogP contribution in [0.5, 0.6) is 5.75 Å². The average molecular weight is 420 g/mol. The lowest BCUT2D eigenvalue weighted by molar-refractivity contribution is 0.00191. The number of nitrogens with zero attached hydrogens (tertiary/aromatic N) is 5. The number of aromatic nitrogens is 5. The Labute approximate surface area is 178 Å². The SMILES string of the molecule is COc1cc2nn([C@@H]3CCC[C@](C)(O)C3)cc2cc1C(=O)Nc1cnn2cccnc12. The van der Waals surface area contributed by atoms with Gasteiger partial charge in [0.2, 0.25) is 0 Å².